The molecule has 4 aromatic rings. The Bertz CT molecular complexity index is 953. The fraction of sp³-hybridized carbons (Fsp3) is 0. The Morgan fingerprint density at radius 1 is 0.542 bits per heavy atom. The van der Waals surface area contributed by atoms with Gasteiger partial charge < -0.3 is 0 Å². The summed E-state index contributed by atoms with van der Waals surface area (Å²) in [4.78, 5) is 17.2. The lowest BCUT2D eigenvalue weighted by Crippen LogP contribution is -1.91. The Morgan fingerprint density at radius 3 is 2.17 bits per heavy atom. The molecule has 4 heterocycles. The van der Waals surface area contributed by atoms with Gasteiger partial charge in [-0.15, -0.1) is 0 Å². The van der Waals surface area contributed by atoms with E-state index in [9.17, 15) is 0 Å². The molecule has 4 aromatic heterocycles. The van der Waals surface area contributed by atoms with Gasteiger partial charge in [0.05, 0.1) is 5.69 Å². The van der Waals surface area contributed by atoms with Crippen molar-refractivity contribution in [3.8, 4) is 33.5 Å². The van der Waals surface area contributed by atoms with E-state index in [2.05, 4.69) is 32.1 Å². The Hall–Kier alpha value is -3.40. The molecule has 0 radical (unpaired) electrons. The van der Waals surface area contributed by atoms with E-state index in [1.165, 1.54) is 0 Å². The third-order valence-electron chi connectivity index (χ3n) is 3.81. The molecule has 0 aliphatic heterocycles. The molecule has 0 saturated carbocycles. The quantitative estimate of drug-likeness (QED) is 0.567. The SMILES string of the molecule is c1cncc(-c2cncc(-c3ncccc3-c3ccncc3)c2)c1. The average molecular weight is 310 g/mol. The molecule has 4 nitrogen and oxygen atoms in total. The van der Waals surface area contributed by atoms with Crippen LogP contribution in [0.1, 0.15) is 0 Å². The highest BCUT2D eigenvalue weighted by Crippen LogP contribution is 2.31. The number of hydrogen-bond donors (Lipinski definition) is 0. The van der Waals surface area contributed by atoms with E-state index in [0.717, 1.165) is 33.5 Å². The molecule has 0 unspecified atom stereocenters. The average Bonchev–Trinajstić information content (AvgIpc) is 2.69. The molecule has 114 valence electrons. The van der Waals surface area contributed by atoms with E-state index in [-0.39, 0.29) is 0 Å². The maximum absolute atomic E-state index is 4.58. The molecule has 0 aromatic carbocycles. The summed E-state index contributed by atoms with van der Waals surface area (Å²) in [5.74, 6) is 0. The van der Waals surface area contributed by atoms with Crippen molar-refractivity contribution in [1.82, 2.24) is 19.9 Å². The van der Waals surface area contributed by atoms with Crippen LogP contribution in [0.4, 0.5) is 0 Å². The van der Waals surface area contributed by atoms with Gasteiger partial charge in [-0.2, -0.15) is 0 Å². The highest BCUT2D eigenvalue weighted by Gasteiger charge is 2.10. The number of nitrogens with zero attached hydrogens (tertiary/aromatic N) is 4. The Labute approximate surface area is 139 Å². The van der Waals surface area contributed by atoms with E-state index in [1.54, 1.807) is 24.8 Å². The van der Waals surface area contributed by atoms with Crippen LogP contribution in [0.15, 0.2) is 85.8 Å². The highest BCUT2D eigenvalue weighted by atomic mass is 14.7. The van der Waals surface area contributed by atoms with Crippen molar-refractivity contribution in [2.75, 3.05) is 0 Å². The fourth-order valence-electron chi connectivity index (χ4n) is 2.66. The maximum Gasteiger partial charge on any atom is 0.0795 e. The molecule has 24 heavy (non-hydrogen) atoms. The molecule has 0 spiro atoms. The first-order valence-corrected chi connectivity index (χ1v) is 7.63. The van der Waals surface area contributed by atoms with Crippen LogP contribution in [-0.4, -0.2) is 19.9 Å². The molecule has 0 aliphatic rings. The number of pyridine rings is 4. The zero-order valence-electron chi connectivity index (χ0n) is 12.9. The lowest BCUT2D eigenvalue weighted by atomic mass is 9.99. The molecule has 0 bridgehead atoms. The second-order valence-corrected chi connectivity index (χ2v) is 5.34. The van der Waals surface area contributed by atoms with Crippen LogP contribution >= 0.6 is 0 Å². The highest BCUT2D eigenvalue weighted by molar-refractivity contribution is 5.81. The summed E-state index contributed by atoms with van der Waals surface area (Å²) >= 11 is 0. The zero-order valence-corrected chi connectivity index (χ0v) is 12.9. The van der Waals surface area contributed by atoms with Crippen molar-refractivity contribution in [2.24, 2.45) is 0 Å². The Morgan fingerprint density at radius 2 is 1.33 bits per heavy atom. The van der Waals surface area contributed by atoms with Crippen LogP contribution in [0.25, 0.3) is 33.5 Å². The second-order valence-electron chi connectivity index (χ2n) is 5.34. The zero-order chi connectivity index (χ0) is 16.2. The van der Waals surface area contributed by atoms with Crippen LogP contribution < -0.4 is 0 Å². The van der Waals surface area contributed by atoms with Gasteiger partial charge in [0.2, 0.25) is 0 Å². The van der Waals surface area contributed by atoms with Crippen LogP contribution in [0.3, 0.4) is 0 Å². The molecule has 0 N–H and O–H groups in total. The summed E-state index contributed by atoms with van der Waals surface area (Å²) in [6.45, 7) is 0. The smallest absolute Gasteiger partial charge is 0.0795 e. The fourth-order valence-corrected chi connectivity index (χ4v) is 2.66. The molecule has 0 amide bonds. The van der Waals surface area contributed by atoms with Gasteiger partial charge in [-0.05, 0) is 35.9 Å². The lowest BCUT2D eigenvalue weighted by molar-refractivity contribution is 1.27. The third-order valence-corrected chi connectivity index (χ3v) is 3.81. The number of rotatable bonds is 3. The van der Waals surface area contributed by atoms with Gasteiger partial charge in [0.15, 0.2) is 0 Å². The summed E-state index contributed by atoms with van der Waals surface area (Å²) in [5.41, 5.74) is 6.08. The van der Waals surface area contributed by atoms with Crippen molar-refractivity contribution in [2.45, 2.75) is 0 Å². The van der Waals surface area contributed by atoms with Gasteiger partial charge >= 0.3 is 0 Å². The molecular formula is C20H14N4. The van der Waals surface area contributed by atoms with E-state index in [4.69, 9.17) is 0 Å². The first kappa shape index (κ1) is 14.2. The van der Waals surface area contributed by atoms with Crippen LogP contribution in [0, 0.1) is 0 Å². The monoisotopic (exact) mass is 310 g/mol. The van der Waals surface area contributed by atoms with Crippen molar-refractivity contribution in [3.63, 3.8) is 0 Å². The molecule has 0 saturated heterocycles. The summed E-state index contributed by atoms with van der Waals surface area (Å²) in [6.07, 6.45) is 12.7. The summed E-state index contributed by atoms with van der Waals surface area (Å²) < 4.78 is 0. The first-order valence-electron chi connectivity index (χ1n) is 7.63. The predicted octanol–water partition coefficient (Wildman–Crippen LogP) is 4.27. The molecule has 0 aliphatic carbocycles. The van der Waals surface area contributed by atoms with E-state index in [1.807, 2.05) is 48.9 Å². The lowest BCUT2D eigenvalue weighted by Gasteiger charge is -2.09. The van der Waals surface area contributed by atoms with E-state index < -0.39 is 0 Å². The molecule has 4 heteroatoms. The van der Waals surface area contributed by atoms with Gasteiger partial charge in [-0.3, -0.25) is 19.9 Å². The van der Waals surface area contributed by atoms with Gasteiger partial charge in [-0.25, -0.2) is 0 Å². The molecule has 0 atom stereocenters. The van der Waals surface area contributed by atoms with Gasteiger partial charge in [-0.1, -0.05) is 12.1 Å². The largest absolute Gasteiger partial charge is 0.265 e. The van der Waals surface area contributed by atoms with Crippen molar-refractivity contribution >= 4 is 0 Å². The Kier molecular flexibility index (Phi) is 3.78. The van der Waals surface area contributed by atoms with Gasteiger partial charge in [0, 0.05) is 65.6 Å². The molecule has 0 fully saturated rings. The standard InChI is InChI=1S/C20H14N4/c1-3-16(12-22-7-1)17-11-18(14-23-13-17)20-19(4-2-8-24-20)15-5-9-21-10-6-15/h1-14H. The summed E-state index contributed by atoms with van der Waals surface area (Å²) in [7, 11) is 0. The Balaban J connectivity index is 1.84. The molecular weight excluding hydrogens is 296 g/mol. The molecule has 4 rings (SSSR count). The third kappa shape index (κ3) is 2.77. The van der Waals surface area contributed by atoms with Crippen molar-refractivity contribution < 1.29 is 0 Å². The van der Waals surface area contributed by atoms with Crippen LogP contribution in [-0.2, 0) is 0 Å². The maximum atomic E-state index is 4.58. The number of hydrogen-bond acceptors (Lipinski definition) is 4. The second kappa shape index (κ2) is 6.38. The van der Waals surface area contributed by atoms with Gasteiger partial charge in [0.1, 0.15) is 0 Å². The minimum absolute atomic E-state index is 0.905. The minimum Gasteiger partial charge on any atom is -0.265 e. The minimum atomic E-state index is 0.905. The summed E-state index contributed by atoms with van der Waals surface area (Å²) in [5, 5.41) is 0. The van der Waals surface area contributed by atoms with E-state index >= 15 is 0 Å². The van der Waals surface area contributed by atoms with Crippen LogP contribution in [0.5, 0.6) is 0 Å². The van der Waals surface area contributed by atoms with Gasteiger partial charge in [0.25, 0.3) is 0 Å². The number of aromatic nitrogens is 4. The summed E-state index contributed by atoms with van der Waals surface area (Å²) in [6, 6.07) is 14.0. The topological polar surface area (TPSA) is 51.6 Å². The van der Waals surface area contributed by atoms with E-state index in [0.29, 0.717) is 0 Å². The normalized spacial score (nSPS) is 10.5. The first-order chi connectivity index (χ1) is 11.9. The van der Waals surface area contributed by atoms with Crippen molar-refractivity contribution in [3.05, 3.63) is 85.8 Å². The predicted molar refractivity (Wildman–Crippen MR) is 93.9 cm³/mol. The van der Waals surface area contributed by atoms with Crippen molar-refractivity contribution in [1.29, 1.82) is 0 Å². The van der Waals surface area contributed by atoms with Crippen LogP contribution in [0.2, 0.25) is 0 Å².